The maximum atomic E-state index is 6.50. The smallest absolute Gasteiger partial charge is 0.133 e. The van der Waals surface area contributed by atoms with Gasteiger partial charge in [0.1, 0.15) is 11.2 Å². The molecule has 0 aliphatic carbocycles. The molecule has 1 aliphatic heterocycles. The van der Waals surface area contributed by atoms with Gasteiger partial charge in [-0.3, -0.25) is 0 Å². The Morgan fingerprint density at radius 1 is 0.486 bits per heavy atom. The van der Waals surface area contributed by atoms with Crippen LogP contribution in [0.15, 0.2) is 121 Å². The first-order valence-electron chi connectivity index (χ1n) is 12.3. The van der Waals surface area contributed by atoms with E-state index in [2.05, 4.69) is 127 Å². The topological polar surface area (TPSA) is 30.5 Å². The van der Waals surface area contributed by atoms with Crippen LogP contribution in [0.1, 0.15) is 35.1 Å². The maximum Gasteiger partial charge on any atom is 0.133 e. The lowest BCUT2D eigenvalue weighted by molar-refractivity contribution is -0.0279. The highest BCUT2D eigenvalue weighted by molar-refractivity contribution is 5.42. The summed E-state index contributed by atoms with van der Waals surface area (Å²) < 4.78 is 13.0. The van der Waals surface area contributed by atoms with Gasteiger partial charge in [-0.05, 0) is 35.1 Å². The number of benzene rings is 4. The van der Waals surface area contributed by atoms with Gasteiger partial charge in [0.25, 0.3) is 0 Å². The molecule has 4 aromatic rings. The molecular weight excluding hydrogens is 430 g/mol. The lowest BCUT2D eigenvalue weighted by Crippen LogP contribution is -2.54. The molecule has 1 heterocycles. The van der Waals surface area contributed by atoms with Crippen molar-refractivity contribution in [2.24, 2.45) is 0 Å². The molecule has 0 radical (unpaired) electrons. The quantitative estimate of drug-likeness (QED) is 0.333. The highest BCUT2D eigenvalue weighted by Gasteiger charge is 2.52. The zero-order valence-corrected chi connectivity index (χ0v) is 20.4. The summed E-state index contributed by atoms with van der Waals surface area (Å²) in [4.78, 5) is 0. The van der Waals surface area contributed by atoms with Crippen LogP contribution >= 0.6 is 0 Å². The average molecular weight is 464 g/mol. The zero-order valence-electron chi connectivity index (χ0n) is 20.4. The summed E-state index contributed by atoms with van der Waals surface area (Å²) in [6, 6.07) is 42.4. The predicted molar refractivity (Wildman–Crippen MR) is 141 cm³/mol. The van der Waals surface area contributed by atoms with Crippen LogP contribution in [-0.2, 0) is 20.7 Å². The van der Waals surface area contributed by atoms with Crippen molar-refractivity contribution < 1.29 is 9.47 Å². The van der Waals surface area contributed by atoms with Gasteiger partial charge < -0.3 is 14.8 Å². The zero-order chi connectivity index (χ0) is 24.1. The van der Waals surface area contributed by atoms with Crippen LogP contribution in [0, 0.1) is 0 Å². The second-order valence-corrected chi connectivity index (χ2v) is 9.19. The molecule has 0 aromatic heterocycles. The van der Waals surface area contributed by atoms with Crippen LogP contribution in [0.4, 0.5) is 0 Å². The van der Waals surface area contributed by atoms with Crippen molar-refractivity contribution >= 4 is 0 Å². The third-order valence-corrected chi connectivity index (χ3v) is 7.58. The Hall–Kier alpha value is -3.24. The van der Waals surface area contributed by atoms with E-state index in [0.29, 0.717) is 0 Å². The summed E-state index contributed by atoms with van der Waals surface area (Å²) in [5.41, 5.74) is 3.35. The second-order valence-electron chi connectivity index (χ2n) is 9.19. The van der Waals surface area contributed by atoms with E-state index in [4.69, 9.17) is 9.47 Å². The molecule has 2 atom stereocenters. The van der Waals surface area contributed by atoms with Crippen LogP contribution in [0.3, 0.4) is 0 Å². The molecule has 1 N–H and O–H groups in total. The molecule has 178 valence electrons. The molecule has 0 unspecified atom stereocenters. The molecule has 1 saturated heterocycles. The van der Waals surface area contributed by atoms with Crippen molar-refractivity contribution in [3.05, 3.63) is 144 Å². The maximum absolute atomic E-state index is 6.50. The van der Waals surface area contributed by atoms with Gasteiger partial charge in [-0.15, -0.1) is 0 Å². The molecule has 0 spiro atoms. The molecule has 4 aromatic carbocycles. The van der Waals surface area contributed by atoms with Gasteiger partial charge >= 0.3 is 0 Å². The first-order chi connectivity index (χ1) is 17.3. The van der Waals surface area contributed by atoms with E-state index in [9.17, 15) is 0 Å². The monoisotopic (exact) mass is 463 g/mol. The molecule has 0 bridgehead atoms. The Labute approximate surface area is 208 Å². The van der Waals surface area contributed by atoms with Crippen molar-refractivity contribution in [3.63, 3.8) is 0 Å². The lowest BCUT2D eigenvalue weighted by Gasteiger charge is -2.42. The highest BCUT2D eigenvalue weighted by Crippen LogP contribution is 2.46. The summed E-state index contributed by atoms with van der Waals surface area (Å²) in [7, 11) is 3.65. The van der Waals surface area contributed by atoms with Crippen molar-refractivity contribution in [2.75, 3.05) is 14.2 Å². The van der Waals surface area contributed by atoms with Gasteiger partial charge in [0.05, 0.1) is 0 Å². The molecule has 0 amide bonds. The van der Waals surface area contributed by atoms with Crippen LogP contribution in [0.25, 0.3) is 0 Å². The van der Waals surface area contributed by atoms with Gasteiger partial charge in [-0.1, -0.05) is 121 Å². The van der Waals surface area contributed by atoms with Gasteiger partial charge in [0, 0.05) is 26.3 Å². The molecule has 35 heavy (non-hydrogen) atoms. The number of methoxy groups -OCH3 is 2. The average Bonchev–Trinajstić information content (AvgIpc) is 3.44. The molecule has 1 aliphatic rings. The fraction of sp³-hybridized carbons (Fsp3) is 0.250. The van der Waals surface area contributed by atoms with E-state index in [1.54, 1.807) is 0 Å². The Morgan fingerprint density at radius 3 is 0.971 bits per heavy atom. The Bertz CT molecular complexity index is 1020. The van der Waals surface area contributed by atoms with Crippen molar-refractivity contribution in [1.29, 1.82) is 0 Å². The van der Waals surface area contributed by atoms with Crippen molar-refractivity contribution in [3.8, 4) is 0 Å². The SMILES string of the molecule is COC(c1ccccc1)(c1ccccc1)[C@@H]1CC[C@@H](C(OC)(c2ccccc2)c2ccccc2)N1. The van der Waals surface area contributed by atoms with Crippen molar-refractivity contribution in [2.45, 2.75) is 36.1 Å². The van der Waals surface area contributed by atoms with Crippen molar-refractivity contribution in [1.82, 2.24) is 5.32 Å². The summed E-state index contributed by atoms with van der Waals surface area (Å²) in [6.45, 7) is 0. The summed E-state index contributed by atoms with van der Waals surface area (Å²) >= 11 is 0. The Balaban J connectivity index is 1.61. The normalized spacial score (nSPS) is 18.5. The number of ether oxygens (including phenoxy) is 2. The van der Waals surface area contributed by atoms with E-state index in [1.807, 2.05) is 14.2 Å². The first-order valence-corrected chi connectivity index (χ1v) is 12.3. The van der Waals surface area contributed by atoms with Gasteiger partial charge in [-0.2, -0.15) is 0 Å². The third kappa shape index (κ3) is 4.00. The molecular formula is C32H33NO2. The number of hydrogen-bond donors (Lipinski definition) is 1. The van der Waals surface area contributed by atoms with E-state index in [0.717, 1.165) is 35.1 Å². The molecule has 1 fully saturated rings. The summed E-state index contributed by atoms with van der Waals surface area (Å²) in [5.74, 6) is 0. The van der Waals surface area contributed by atoms with Gasteiger partial charge in [0.2, 0.25) is 0 Å². The van der Waals surface area contributed by atoms with Crippen LogP contribution in [0.2, 0.25) is 0 Å². The van der Waals surface area contributed by atoms with Crippen LogP contribution in [0.5, 0.6) is 0 Å². The molecule has 5 rings (SSSR count). The molecule has 3 nitrogen and oxygen atoms in total. The van der Waals surface area contributed by atoms with Crippen LogP contribution < -0.4 is 5.32 Å². The van der Waals surface area contributed by atoms with E-state index < -0.39 is 11.2 Å². The minimum absolute atomic E-state index is 0.0595. The minimum atomic E-state index is -0.621. The fourth-order valence-corrected chi connectivity index (χ4v) is 6.02. The highest BCUT2D eigenvalue weighted by atomic mass is 16.5. The Morgan fingerprint density at radius 2 is 0.743 bits per heavy atom. The standard InChI is InChI=1S/C32H33NO2/c1-34-31(25-15-7-3-8-16-25,26-17-9-4-10-18-26)29-23-24-30(33-29)32(35-2,27-19-11-5-12-20-27)28-21-13-6-14-22-28/h3-22,29-30,33H,23-24H2,1-2H3/t29-,30-/m0/s1. The second kappa shape index (κ2) is 10.2. The largest absolute Gasteiger partial charge is 0.367 e. The predicted octanol–water partition coefficient (Wildman–Crippen LogP) is 6.29. The third-order valence-electron chi connectivity index (χ3n) is 7.58. The fourth-order valence-electron chi connectivity index (χ4n) is 6.02. The Kier molecular flexibility index (Phi) is 6.83. The van der Waals surface area contributed by atoms with E-state index in [-0.39, 0.29) is 12.1 Å². The molecule has 0 saturated carbocycles. The lowest BCUT2D eigenvalue weighted by atomic mass is 9.79. The van der Waals surface area contributed by atoms with Crippen LogP contribution in [-0.4, -0.2) is 26.3 Å². The minimum Gasteiger partial charge on any atom is -0.367 e. The first kappa shape index (κ1) is 23.5. The van der Waals surface area contributed by atoms with E-state index >= 15 is 0 Å². The van der Waals surface area contributed by atoms with Gasteiger partial charge in [-0.25, -0.2) is 0 Å². The number of nitrogens with one attached hydrogen (secondary N) is 1. The van der Waals surface area contributed by atoms with E-state index in [1.165, 1.54) is 0 Å². The summed E-state index contributed by atoms with van der Waals surface area (Å²) in [5, 5.41) is 4.02. The van der Waals surface area contributed by atoms with Gasteiger partial charge in [0.15, 0.2) is 0 Å². The number of hydrogen-bond acceptors (Lipinski definition) is 3. The molecule has 3 heteroatoms. The number of rotatable bonds is 8. The summed E-state index contributed by atoms with van der Waals surface area (Å²) in [6.07, 6.45) is 1.90.